The first-order chi connectivity index (χ1) is 8.19. The number of ether oxygens (including phenoxy) is 1. The Balaban J connectivity index is 1.99. The molecule has 1 aliphatic heterocycles. The van der Waals surface area contributed by atoms with Crippen LogP contribution in [0.5, 0.6) is 5.75 Å². The van der Waals surface area contributed by atoms with Crippen molar-refractivity contribution in [1.29, 1.82) is 5.26 Å². The Hall–Kier alpha value is -2.22. The van der Waals surface area contributed by atoms with Crippen LogP contribution in [0.25, 0.3) is 0 Å². The van der Waals surface area contributed by atoms with Crippen LogP contribution in [-0.2, 0) is 4.79 Å². The molecule has 1 aliphatic rings. The number of benzene rings is 1. The quantitative estimate of drug-likeness (QED) is 0.753. The Morgan fingerprint density at radius 3 is 3.06 bits per heavy atom. The Morgan fingerprint density at radius 1 is 1.59 bits per heavy atom. The van der Waals surface area contributed by atoms with Gasteiger partial charge in [0.1, 0.15) is 18.4 Å². The van der Waals surface area contributed by atoms with Gasteiger partial charge in [-0.05, 0) is 24.6 Å². The number of nitrogens with two attached hydrogens (primary N) is 1. The molecule has 17 heavy (non-hydrogen) atoms. The van der Waals surface area contributed by atoms with Gasteiger partial charge in [0.2, 0.25) is 5.91 Å². The number of carbonyl (C=O) groups is 1. The number of rotatable bonds is 3. The number of nitriles is 1. The van der Waals surface area contributed by atoms with Gasteiger partial charge < -0.3 is 15.8 Å². The van der Waals surface area contributed by atoms with E-state index in [0.717, 1.165) is 6.42 Å². The molecule has 3 N–H and O–H groups in total. The van der Waals surface area contributed by atoms with Crippen molar-refractivity contribution in [2.24, 2.45) is 0 Å². The maximum atomic E-state index is 11.0. The fourth-order valence-corrected chi connectivity index (χ4v) is 1.75. The van der Waals surface area contributed by atoms with E-state index in [0.29, 0.717) is 30.0 Å². The summed E-state index contributed by atoms with van der Waals surface area (Å²) in [6.07, 6.45) is 1.32. The van der Waals surface area contributed by atoms with Gasteiger partial charge in [0.15, 0.2) is 0 Å². The summed E-state index contributed by atoms with van der Waals surface area (Å²) in [6, 6.07) is 6.99. The number of amides is 1. The summed E-state index contributed by atoms with van der Waals surface area (Å²) in [6.45, 7) is 0.379. The molecule has 0 radical (unpaired) electrons. The summed E-state index contributed by atoms with van der Waals surface area (Å²) in [5.41, 5.74) is 6.52. The molecule has 1 unspecified atom stereocenters. The van der Waals surface area contributed by atoms with Gasteiger partial charge in [0.25, 0.3) is 0 Å². The van der Waals surface area contributed by atoms with Crippen molar-refractivity contribution in [1.82, 2.24) is 5.32 Å². The first kappa shape index (κ1) is 11.3. The average molecular weight is 231 g/mol. The Bertz CT molecular complexity index is 479. The molecule has 88 valence electrons. The van der Waals surface area contributed by atoms with Gasteiger partial charge in [0, 0.05) is 12.1 Å². The van der Waals surface area contributed by atoms with Crippen molar-refractivity contribution in [3.8, 4) is 11.8 Å². The molecule has 0 spiro atoms. The van der Waals surface area contributed by atoms with Crippen LogP contribution in [0.2, 0.25) is 0 Å². The van der Waals surface area contributed by atoms with Crippen LogP contribution in [0.3, 0.4) is 0 Å². The summed E-state index contributed by atoms with van der Waals surface area (Å²) in [7, 11) is 0. The Labute approximate surface area is 99.2 Å². The maximum Gasteiger partial charge on any atom is 0.220 e. The van der Waals surface area contributed by atoms with E-state index >= 15 is 0 Å². The zero-order chi connectivity index (χ0) is 12.3. The largest absolute Gasteiger partial charge is 0.490 e. The van der Waals surface area contributed by atoms with E-state index in [1.165, 1.54) is 0 Å². The number of carbonyl (C=O) groups excluding carboxylic acids is 1. The van der Waals surface area contributed by atoms with E-state index in [-0.39, 0.29) is 11.9 Å². The standard InChI is InChI=1S/C12H13N3O2/c13-6-8-5-9(14)1-3-11(8)17-7-10-2-4-12(16)15-10/h1,3,5,10H,2,4,7,14H2,(H,15,16). The van der Waals surface area contributed by atoms with Gasteiger partial charge in [-0.2, -0.15) is 5.26 Å². The number of anilines is 1. The van der Waals surface area contributed by atoms with E-state index in [9.17, 15) is 4.79 Å². The SMILES string of the molecule is N#Cc1cc(N)ccc1OCC1CCC(=O)N1. The zero-order valence-electron chi connectivity index (χ0n) is 9.27. The second-order valence-electron chi connectivity index (χ2n) is 3.98. The minimum absolute atomic E-state index is 0.0339. The van der Waals surface area contributed by atoms with Crippen molar-refractivity contribution in [2.75, 3.05) is 12.3 Å². The highest BCUT2D eigenvalue weighted by Gasteiger charge is 2.21. The smallest absolute Gasteiger partial charge is 0.220 e. The van der Waals surface area contributed by atoms with E-state index in [4.69, 9.17) is 15.7 Å². The lowest BCUT2D eigenvalue weighted by Gasteiger charge is -2.12. The minimum Gasteiger partial charge on any atom is -0.490 e. The van der Waals surface area contributed by atoms with Crippen LogP contribution >= 0.6 is 0 Å². The highest BCUT2D eigenvalue weighted by molar-refractivity contribution is 5.78. The van der Waals surface area contributed by atoms with Crippen molar-refractivity contribution in [3.05, 3.63) is 23.8 Å². The number of nitrogens with zero attached hydrogens (tertiary/aromatic N) is 1. The summed E-state index contributed by atoms with van der Waals surface area (Å²) < 4.78 is 5.52. The molecule has 5 heteroatoms. The van der Waals surface area contributed by atoms with Crippen molar-refractivity contribution in [2.45, 2.75) is 18.9 Å². The molecule has 1 aromatic rings. The Kier molecular flexibility index (Phi) is 3.15. The number of nitrogen functional groups attached to an aromatic ring is 1. The van der Waals surface area contributed by atoms with E-state index in [1.807, 2.05) is 6.07 Å². The predicted octanol–water partition coefficient (Wildman–Crippen LogP) is 0.798. The van der Waals surface area contributed by atoms with Crippen LogP contribution in [-0.4, -0.2) is 18.6 Å². The maximum absolute atomic E-state index is 11.0. The summed E-state index contributed by atoms with van der Waals surface area (Å²) in [5.74, 6) is 0.555. The summed E-state index contributed by atoms with van der Waals surface area (Å²) >= 11 is 0. The molecule has 1 saturated heterocycles. The van der Waals surface area contributed by atoms with Gasteiger partial charge in [-0.3, -0.25) is 4.79 Å². The van der Waals surface area contributed by atoms with Crippen LogP contribution in [0.4, 0.5) is 5.69 Å². The van der Waals surface area contributed by atoms with Crippen molar-refractivity contribution >= 4 is 11.6 Å². The molecular weight excluding hydrogens is 218 g/mol. The third kappa shape index (κ3) is 2.67. The zero-order valence-corrected chi connectivity index (χ0v) is 9.27. The lowest BCUT2D eigenvalue weighted by atomic mass is 10.2. The molecule has 1 amide bonds. The number of hydrogen-bond acceptors (Lipinski definition) is 4. The molecule has 5 nitrogen and oxygen atoms in total. The van der Waals surface area contributed by atoms with Gasteiger partial charge in [-0.25, -0.2) is 0 Å². The molecule has 1 heterocycles. The molecular formula is C12H13N3O2. The van der Waals surface area contributed by atoms with Gasteiger partial charge in [-0.15, -0.1) is 0 Å². The molecule has 1 aromatic carbocycles. The second-order valence-corrected chi connectivity index (χ2v) is 3.98. The Morgan fingerprint density at radius 2 is 2.41 bits per heavy atom. The molecule has 2 rings (SSSR count). The average Bonchev–Trinajstić information content (AvgIpc) is 2.73. The highest BCUT2D eigenvalue weighted by Crippen LogP contribution is 2.21. The number of hydrogen-bond donors (Lipinski definition) is 2. The summed E-state index contributed by atoms with van der Waals surface area (Å²) in [5, 5.41) is 11.7. The van der Waals surface area contributed by atoms with Gasteiger partial charge in [0.05, 0.1) is 11.6 Å². The third-order valence-corrected chi connectivity index (χ3v) is 2.65. The van der Waals surface area contributed by atoms with E-state index in [2.05, 4.69) is 5.32 Å². The lowest BCUT2D eigenvalue weighted by molar-refractivity contribution is -0.119. The highest BCUT2D eigenvalue weighted by atomic mass is 16.5. The van der Waals surface area contributed by atoms with E-state index in [1.54, 1.807) is 18.2 Å². The van der Waals surface area contributed by atoms with Gasteiger partial charge in [-0.1, -0.05) is 0 Å². The van der Waals surface area contributed by atoms with Crippen LogP contribution in [0.1, 0.15) is 18.4 Å². The number of nitrogens with one attached hydrogen (secondary N) is 1. The van der Waals surface area contributed by atoms with E-state index < -0.39 is 0 Å². The fraction of sp³-hybridized carbons (Fsp3) is 0.333. The normalized spacial score (nSPS) is 18.5. The topological polar surface area (TPSA) is 88.1 Å². The second kappa shape index (κ2) is 4.74. The molecule has 1 fully saturated rings. The van der Waals surface area contributed by atoms with Crippen molar-refractivity contribution in [3.63, 3.8) is 0 Å². The van der Waals surface area contributed by atoms with Crippen LogP contribution in [0.15, 0.2) is 18.2 Å². The fourth-order valence-electron chi connectivity index (χ4n) is 1.75. The first-order valence-corrected chi connectivity index (χ1v) is 5.41. The van der Waals surface area contributed by atoms with Gasteiger partial charge >= 0.3 is 0 Å². The minimum atomic E-state index is 0.0339. The molecule has 0 saturated carbocycles. The molecule has 0 aromatic heterocycles. The van der Waals surface area contributed by atoms with Crippen LogP contribution < -0.4 is 15.8 Å². The predicted molar refractivity (Wildman–Crippen MR) is 62.2 cm³/mol. The molecule has 0 aliphatic carbocycles. The monoisotopic (exact) mass is 231 g/mol. The lowest BCUT2D eigenvalue weighted by Crippen LogP contribution is -2.30. The van der Waals surface area contributed by atoms with Crippen LogP contribution in [0, 0.1) is 11.3 Å². The van der Waals surface area contributed by atoms with Crippen molar-refractivity contribution < 1.29 is 9.53 Å². The molecule has 0 bridgehead atoms. The first-order valence-electron chi connectivity index (χ1n) is 5.41. The third-order valence-electron chi connectivity index (χ3n) is 2.65. The summed E-state index contributed by atoms with van der Waals surface area (Å²) in [4.78, 5) is 11.0. The molecule has 1 atom stereocenters.